The molecule has 3 saturated heterocycles. The maximum Gasteiger partial charge on any atom is 0.130 e. The number of hydrogen-bond acceptors (Lipinski definition) is 5. The highest BCUT2D eigenvalue weighted by Gasteiger charge is 2.34. The summed E-state index contributed by atoms with van der Waals surface area (Å²) in [5, 5.41) is 0. The molecule has 5 heteroatoms. The average molecular weight is 303 g/mol. The van der Waals surface area contributed by atoms with Crippen molar-refractivity contribution in [2.45, 2.75) is 51.1 Å². The number of pyridine rings is 1. The van der Waals surface area contributed by atoms with Crippen LogP contribution in [-0.2, 0) is 9.47 Å². The lowest BCUT2D eigenvalue weighted by molar-refractivity contribution is -0.00522. The summed E-state index contributed by atoms with van der Waals surface area (Å²) >= 11 is 0. The quantitative estimate of drug-likeness (QED) is 0.836. The van der Waals surface area contributed by atoms with Crippen LogP contribution in [0.4, 0.5) is 11.5 Å². The topological polar surface area (TPSA) is 37.8 Å². The molecule has 0 radical (unpaired) electrons. The van der Waals surface area contributed by atoms with E-state index in [2.05, 4.69) is 40.8 Å². The highest BCUT2D eigenvalue weighted by Crippen LogP contribution is 2.30. The molecule has 0 spiro atoms. The van der Waals surface area contributed by atoms with Gasteiger partial charge in [0.25, 0.3) is 0 Å². The molecule has 0 aliphatic carbocycles. The molecule has 0 amide bonds. The summed E-state index contributed by atoms with van der Waals surface area (Å²) in [4.78, 5) is 9.41. The molecule has 4 atom stereocenters. The molecular formula is C17H25N3O2. The molecule has 0 saturated carbocycles. The molecule has 3 fully saturated rings. The van der Waals surface area contributed by atoms with Crippen LogP contribution >= 0.6 is 0 Å². The highest BCUT2D eigenvalue weighted by atomic mass is 16.5. The van der Waals surface area contributed by atoms with Gasteiger partial charge in [-0.25, -0.2) is 4.98 Å². The summed E-state index contributed by atoms with van der Waals surface area (Å²) in [5.41, 5.74) is 1.26. The predicted molar refractivity (Wildman–Crippen MR) is 86.6 cm³/mol. The Hall–Kier alpha value is -1.33. The van der Waals surface area contributed by atoms with Crippen LogP contribution in [0.3, 0.4) is 0 Å². The second-order valence-electron chi connectivity index (χ2n) is 6.90. The van der Waals surface area contributed by atoms with E-state index in [1.54, 1.807) is 0 Å². The Balaban J connectivity index is 1.53. The number of anilines is 2. The van der Waals surface area contributed by atoms with Crippen molar-refractivity contribution in [2.24, 2.45) is 0 Å². The van der Waals surface area contributed by atoms with Crippen molar-refractivity contribution < 1.29 is 9.47 Å². The average Bonchev–Trinajstić information content (AvgIpc) is 2.85. The van der Waals surface area contributed by atoms with Crippen LogP contribution in [0, 0.1) is 0 Å². The van der Waals surface area contributed by atoms with Crippen LogP contribution in [0.1, 0.15) is 26.7 Å². The smallest absolute Gasteiger partial charge is 0.130 e. The standard InChI is InChI=1S/C17H25N3O2/c1-12-8-19(9-13(2)21-12)14-5-6-18-17(7-14)20-10-15-3-4-16(11-20)22-15/h5-7,12-13,15-16H,3-4,8-11H2,1-2H3/t12-,13+,15?,16?. The van der Waals surface area contributed by atoms with Crippen molar-refractivity contribution >= 4 is 11.5 Å². The minimum atomic E-state index is 0.277. The van der Waals surface area contributed by atoms with Gasteiger partial charge in [0.2, 0.25) is 0 Å². The summed E-state index contributed by atoms with van der Waals surface area (Å²) in [6.07, 6.45) is 5.67. The number of rotatable bonds is 2. The van der Waals surface area contributed by atoms with E-state index < -0.39 is 0 Å². The third kappa shape index (κ3) is 2.79. The Morgan fingerprint density at radius 3 is 2.32 bits per heavy atom. The van der Waals surface area contributed by atoms with Gasteiger partial charge in [-0.15, -0.1) is 0 Å². The Morgan fingerprint density at radius 2 is 1.64 bits per heavy atom. The Morgan fingerprint density at radius 1 is 0.955 bits per heavy atom. The lowest BCUT2D eigenvalue weighted by atomic mass is 10.2. The molecule has 4 rings (SSSR count). The molecule has 2 unspecified atom stereocenters. The van der Waals surface area contributed by atoms with Crippen molar-refractivity contribution in [3.63, 3.8) is 0 Å². The molecular weight excluding hydrogens is 278 g/mol. The fourth-order valence-electron chi connectivity index (χ4n) is 3.97. The van der Waals surface area contributed by atoms with Crippen molar-refractivity contribution in [3.05, 3.63) is 18.3 Å². The Kier molecular flexibility index (Phi) is 3.70. The van der Waals surface area contributed by atoms with Crippen molar-refractivity contribution in [1.29, 1.82) is 0 Å². The van der Waals surface area contributed by atoms with Gasteiger partial charge < -0.3 is 19.3 Å². The second-order valence-corrected chi connectivity index (χ2v) is 6.90. The van der Waals surface area contributed by atoms with E-state index in [1.807, 2.05) is 6.20 Å². The van der Waals surface area contributed by atoms with Crippen molar-refractivity contribution in [3.8, 4) is 0 Å². The van der Waals surface area contributed by atoms with Gasteiger partial charge in [0, 0.05) is 44.1 Å². The van der Waals surface area contributed by atoms with Crippen LogP contribution in [-0.4, -0.2) is 55.6 Å². The largest absolute Gasteiger partial charge is 0.372 e. The van der Waals surface area contributed by atoms with Gasteiger partial charge in [0.1, 0.15) is 5.82 Å². The first-order valence-corrected chi connectivity index (χ1v) is 8.44. The zero-order valence-corrected chi connectivity index (χ0v) is 13.4. The first-order chi connectivity index (χ1) is 10.7. The molecule has 4 heterocycles. The number of ether oxygens (including phenoxy) is 2. The van der Waals surface area contributed by atoms with Gasteiger partial charge in [-0.1, -0.05) is 0 Å². The zero-order chi connectivity index (χ0) is 15.1. The van der Waals surface area contributed by atoms with Crippen LogP contribution in [0.15, 0.2) is 18.3 Å². The molecule has 1 aromatic rings. The fourth-order valence-corrected chi connectivity index (χ4v) is 3.97. The van der Waals surface area contributed by atoms with Gasteiger partial charge in [-0.05, 0) is 32.8 Å². The molecule has 3 aliphatic rings. The van der Waals surface area contributed by atoms with E-state index in [1.165, 1.54) is 18.5 Å². The monoisotopic (exact) mass is 303 g/mol. The number of fused-ring (bicyclic) bond motifs is 2. The van der Waals surface area contributed by atoms with Crippen molar-refractivity contribution in [1.82, 2.24) is 4.98 Å². The number of hydrogen-bond donors (Lipinski definition) is 0. The zero-order valence-electron chi connectivity index (χ0n) is 13.4. The van der Waals surface area contributed by atoms with Gasteiger partial charge in [0.15, 0.2) is 0 Å². The number of nitrogens with zero attached hydrogens (tertiary/aromatic N) is 3. The minimum absolute atomic E-state index is 0.277. The lowest BCUT2D eigenvalue weighted by Gasteiger charge is -2.38. The molecule has 22 heavy (non-hydrogen) atoms. The number of morpholine rings is 2. The van der Waals surface area contributed by atoms with E-state index in [-0.39, 0.29) is 12.2 Å². The summed E-state index contributed by atoms with van der Waals surface area (Å²) in [5.74, 6) is 1.09. The van der Waals surface area contributed by atoms with E-state index in [4.69, 9.17) is 9.47 Å². The first kappa shape index (κ1) is 14.3. The molecule has 0 N–H and O–H groups in total. The summed E-state index contributed by atoms with van der Waals surface area (Å²) < 4.78 is 11.8. The lowest BCUT2D eigenvalue weighted by Crippen LogP contribution is -2.46. The van der Waals surface area contributed by atoms with Crippen LogP contribution < -0.4 is 9.80 Å². The van der Waals surface area contributed by atoms with Gasteiger partial charge in [-0.2, -0.15) is 0 Å². The van der Waals surface area contributed by atoms with E-state index in [0.29, 0.717) is 12.2 Å². The maximum atomic E-state index is 5.93. The predicted octanol–water partition coefficient (Wildman–Crippen LogP) is 2.06. The molecule has 120 valence electrons. The molecule has 2 bridgehead atoms. The van der Waals surface area contributed by atoms with Crippen LogP contribution in [0.5, 0.6) is 0 Å². The minimum Gasteiger partial charge on any atom is -0.372 e. The van der Waals surface area contributed by atoms with Crippen molar-refractivity contribution in [2.75, 3.05) is 36.0 Å². The van der Waals surface area contributed by atoms with Crippen LogP contribution in [0.25, 0.3) is 0 Å². The van der Waals surface area contributed by atoms with E-state index >= 15 is 0 Å². The summed E-state index contributed by atoms with van der Waals surface area (Å²) in [6.45, 7) is 8.13. The first-order valence-electron chi connectivity index (χ1n) is 8.44. The Bertz CT molecular complexity index is 499. The molecule has 5 nitrogen and oxygen atoms in total. The third-order valence-corrected chi connectivity index (χ3v) is 4.88. The maximum absolute atomic E-state index is 5.93. The molecule has 3 aliphatic heterocycles. The molecule has 1 aromatic heterocycles. The second kappa shape index (κ2) is 5.70. The summed E-state index contributed by atoms with van der Waals surface area (Å²) in [7, 11) is 0. The third-order valence-electron chi connectivity index (χ3n) is 4.88. The Labute approximate surface area is 132 Å². The van der Waals surface area contributed by atoms with Gasteiger partial charge >= 0.3 is 0 Å². The van der Waals surface area contributed by atoms with Gasteiger partial charge in [-0.3, -0.25) is 0 Å². The number of aromatic nitrogens is 1. The van der Waals surface area contributed by atoms with Crippen LogP contribution in [0.2, 0.25) is 0 Å². The fraction of sp³-hybridized carbons (Fsp3) is 0.706. The highest BCUT2D eigenvalue weighted by molar-refractivity contribution is 5.55. The van der Waals surface area contributed by atoms with Gasteiger partial charge in [0.05, 0.1) is 24.4 Å². The summed E-state index contributed by atoms with van der Waals surface area (Å²) in [6, 6.07) is 4.35. The normalized spacial score (nSPS) is 35.0. The van der Waals surface area contributed by atoms with E-state index in [9.17, 15) is 0 Å². The van der Waals surface area contributed by atoms with E-state index in [0.717, 1.165) is 32.0 Å². The molecule has 0 aromatic carbocycles. The SMILES string of the molecule is C[C@@H]1CN(c2ccnc(N3CC4CCC(C3)O4)c2)C[C@H](C)O1.